The van der Waals surface area contributed by atoms with E-state index < -0.39 is 0 Å². The molecule has 0 saturated carbocycles. The quantitative estimate of drug-likeness (QED) is 0.510. The number of para-hydroxylation sites is 1. The van der Waals surface area contributed by atoms with E-state index in [0.29, 0.717) is 6.61 Å². The second-order valence-corrected chi connectivity index (χ2v) is 8.91. The molecule has 174 valence electrons. The Morgan fingerprint density at radius 2 is 1.52 bits per heavy atom. The summed E-state index contributed by atoms with van der Waals surface area (Å²) in [4.78, 5) is 4.87. The molecule has 0 amide bonds. The molecule has 0 aliphatic carbocycles. The molecule has 2 unspecified atom stereocenters. The number of nitrogens with zero attached hydrogens (tertiary/aromatic N) is 2. The lowest BCUT2D eigenvalue weighted by Crippen LogP contribution is -2.45. The van der Waals surface area contributed by atoms with Crippen LogP contribution in [0.2, 0.25) is 0 Å². The van der Waals surface area contributed by atoms with Gasteiger partial charge in [-0.15, -0.1) is 12.4 Å². The lowest BCUT2D eigenvalue weighted by molar-refractivity contribution is 0.133. The van der Waals surface area contributed by atoms with Gasteiger partial charge >= 0.3 is 0 Å². The van der Waals surface area contributed by atoms with Crippen LogP contribution >= 0.6 is 12.4 Å². The molecule has 1 fully saturated rings. The third-order valence-corrected chi connectivity index (χ3v) is 6.81. The molecule has 0 bridgehead atoms. The number of piperazine rings is 1. The van der Waals surface area contributed by atoms with Crippen LogP contribution in [0.1, 0.15) is 28.5 Å². The van der Waals surface area contributed by atoms with Gasteiger partial charge in [0.25, 0.3) is 0 Å². The first-order valence-electron chi connectivity index (χ1n) is 11.7. The Hall–Kier alpha value is -2.53. The first-order valence-corrected chi connectivity index (χ1v) is 11.7. The molecule has 4 nitrogen and oxygen atoms in total. The van der Waals surface area contributed by atoms with Crippen molar-refractivity contribution >= 4 is 12.4 Å². The van der Waals surface area contributed by atoms with Crippen LogP contribution in [0.3, 0.4) is 0 Å². The summed E-state index contributed by atoms with van der Waals surface area (Å²) in [5, 5.41) is 0. The van der Waals surface area contributed by atoms with Crippen molar-refractivity contribution in [3.63, 3.8) is 0 Å². The van der Waals surface area contributed by atoms with E-state index in [1.54, 1.807) is 0 Å². The molecule has 33 heavy (non-hydrogen) atoms. The molecule has 0 aromatic heterocycles. The minimum absolute atomic E-state index is 0. The van der Waals surface area contributed by atoms with Crippen LogP contribution in [-0.4, -0.2) is 62.8 Å². The van der Waals surface area contributed by atoms with Crippen LogP contribution in [0.4, 0.5) is 0 Å². The third-order valence-electron chi connectivity index (χ3n) is 6.81. The molecule has 3 aromatic rings. The summed E-state index contributed by atoms with van der Waals surface area (Å²) in [5.41, 5.74) is 3.89. The van der Waals surface area contributed by atoms with Gasteiger partial charge in [0, 0.05) is 50.1 Å². The van der Waals surface area contributed by atoms with E-state index >= 15 is 0 Å². The van der Waals surface area contributed by atoms with Crippen molar-refractivity contribution in [1.29, 1.82) is 0 Å². The first-order chi connectivity index (χ1) is 15.8. The Morgan fingerprint density at radius 3 is 2.27 bits per heavy atom. The van der Waals surface area contributed by atoms with E-state index in [-0.39, 0.29) is 24.2 Å². The zero-order valence-electron chi connectivity index (χ0n) is 19.2. The number of halogens is 1. The van der Waals surface area contributed by atoms with Crippen molar-refractivity contribution in [2.75, 3.05) is 53.0 Å². The third kappa shape index (κ3) is 5.52. The maximum absolute atomic E-state index is 6.15. The summed E-state index contributed by atoms with van der Waals surface area (Å²) in [6.07, 6.45) is 0. The van der Waals surface area contributed by atoms with Crippen LogP contribution in [0.5, 0.6) is 11.5 Å². The predicted octanol–water partition coefficient (Wildman–Crippen LogP) is 5.04. The second-order valence-electron chi connectivity index (χ2n) is 8.91. The van der Waals surface area contributed by atoms with Crippen LogP contribution in [0.15, 0.2) is 78.9 Å². The summed E-state index contributed by atoms with van der Waals surface area (Å²) < 4.78 is 12.2. The number of rotatable bonds is 6. The second kappa shape index (κ2) is 11.1. The predicted molar refractivity (Wildman–Crippen MR) is 136 cm³/mol. The average Bonchev–Trinajstić information content (AvgIpc) is 2.85. The van der Waals surface area contributed by atoms with Gasteiger partial charge in [-0.25, -0.2) is 0 Å². The highest BCUT2D eigenvalue weighted by Gasteiger charge is 2.33. The van der Waals surface area contributed by atoms with Crippen LogP contribution in [0.25, 0.3) is 0 Å². The van der Waals surface area contributed by atoms with E-state index in [2.05, 4.69) is 95.7 Å². The highest BCUT2D eigenvalue weighted by atomic mass is 35.5. The Balaban J connectivity index is 0.00000259. The lowest BCUT2D eigenvalue weighted by Gasteiger charge is -2.34. The van der Waals surface area contributed by atoms with Gasteiger partial charge < -0.3 is 14.4 Å². The summed E-state index contributed by atoms with van der Waals surface area (Å²) in [5.74, 6) is 2.49. The molecule has 0 radical (unpaired) electrons. The summed E-state index contributed by atoms with van der Waals surface area (Å²) >= 11 is 0. The molecular weight excluding hydrogens is 432 g/mol. The van der Waals surface area contributed by atoms with E-state index in [0.717, 1.165) is 50.8 Å². The molecule has 2 atom stereocenters. The zero-order valence-corrected chi connectivity index (χ0v) is 20.0. The lowest BCUT2D eigenvalue weighted by atomic mass is 9.76. The summed E-state index contributed by atoms with van der Waals surface area (Å²) in [7, 11) is 2.19. The van der Waals surface area contributed by atoms with Gasteiger partial charge in [-0.2, -0.15) is 0 Å². The van der Waals surface area contributed by atoms with Gasteiger partial charge in [-0.1, -0.05) is 60.7 Å². The van der Waals surface area contributed by atoms with Gasteiger partial charge in [-0.3, -0.25) is 4.90 Å². The number of hydrogen-bond donors (Lipinski definition) is 0. The van der Waals surface area contributed by atoms with Gasteiger partial charge in [0.05, 0.1) is 6.61 Å². The fraction of sp³-hybridized carbons (Fsp3) is 0.357. The molecule has 5 heteroatoms. The number of fused-ring (bicyclic) bond motifs is 1. The van der Waals surface area contributed by atoms with Crippen molar-refractivity contribution in [1.82, 2.24) is 9.80 Å². The molecule has 2 heterocycles. The van der Waals surface area contributed by atoms with Crippen molar-refractivity contribution in [2.45, 2.75) is 11.8 Å². The zero-order chi connectivity index (χ0) is 21.8. The molecule has 0 spiro atoms. The summed E-state index contributed by atoms with van der Waals surface area (Å²) in [6, 6.07) is 27.9. The van der Waals surface area contributed by atoms with Crippen molar-refractivity contribution < 1.29 is 9.47 Å². The fourth-order valence-electron chi connectivity index (χ4n) is 4.90. The molecule has 2 aliphatic heterocycles. The van der Waals surface area contributed by atoms with Crippen LogP contribution < -0.4 is 9.47 Å². The van der Waals surface area contributed by atoms with Crippen molar-refractivity contribution in [2.24, 2.45) is 0 Å². The smallest absolute Gasteiger partial charge is 0.123 e. The Labute approximate surface area is 203 Å². The average molecular weight is 465 g/mol. The van der Waals surface area contributed by atoms with Gasteiger partial charge in [0.2, 0.25) is 0 Å². The van der Waals surface area contributed by atoms with Crippen LogP contribution in [0, 0.1) is 0 Å². The van der Waals surface area contributed by atoms with E-state index in [1.807, 2.05) is 0 Å². The minimum Gasteiger partial charge on any atom is -0.493 e. The first kappa shape index (κ1) is 23.6. The van der Waals surface area contributed by atoms with Gasteiger partial charge in [0.15, 0.2) is 0 Å². The highest BCUT2D eigenvalue weighted by molar-refractivity contribution is 5.85. The fourth-order valence-corrected chi connectivity index (χ4v) is 4.90. The van der Waals surface area contributed by atoms with E-state index in [9.17, 15) is 0 Å². The topological polar surface area (TPSA) is 24.9 Å². The van der Waals surface area contributed by atoms with E-state index in [4.69, 9.17) is 9.47 Å². The molecule has 0 N–H and O–H groups in total. The standard InChI is InChI=1S/C28H32N2O2.ClH/c1-29-15-17-30(18-16-29)19-20-31-24-13-11-23(12-14-24)28-25-9-5-6-10-27(25)32-21-26(28)22-7-3-2-4-8-22;/h2-14,26,28H,15-21H2,1H3;1H. The molecule has 1 saturated heterocycles. The normalized spacial score (nSPS) is 20.9. The number of likely N-dealkylation sites (N-methyl/N-ethyl adjacent to an activating group) is 1. The molecule has 5 rings (SSSR count). The largest absolute Gasteiger partial charge is 0.493 e. The number of ether oxygens (including phenoxy) is 2. The minimum atomic E-state index is 0. The molecule has 3 aromatic carbocycles. The monoisotopic (exact) mass is 464 g/mol. The highest BCUT2D eigenvalue weighted by Crippen LogP contribution is 2.46. The van der Waals surface area contributed by atoms with Gasteiger partial charge in [0.1, 0.15) is 18.1 Å². The van der Waals surface area contributed by atoms with Crippen LogP contribution in [-0.2, 0) is 0 Å². The Kier molecular flexibility index (Phi) is 7.92. The number of benzene rings is 3. The molecule has 2 aliphatic rings. The SMILES string of the molecule is CN1CCN(CCOc2ccc(C3c4ccccc4OCC3c3ccccc3)cc2)CC1.Cl. The Morgan fingerprint density at radius 1 is 0.818 bits per heavy atom. The van der Waals surface area contributed by atoms with Crippen molar-refractivity contribution in [3.8, 4) is 11.5 Å². The maximum atomic E-state index is 6.15. The molecular formula is C28H33ClN2O2. The van der Waals surface area contributed by atoms with Crippen molar-refractivity contribution in [3.05, 3.63) is 95.6 Å². The number of hydrogen-bond acceptors (Lipinski definition) is 4. The van der Waals surface area contributed by atoms with Gasteiger partial charge in [-0.05, 0) is 36.4 Å². The summed E-state index contributed by atoms with van der Waals surface area (Å²) in [6.45, 7) is 6.95. The van der Waals surface area contributed by atoms with E-state index in [1.165, 1.54) is 16.7 Å². The Bertz CT molecular complexity index is 1000. The maximum Gasteiger partial charge on any atom is 0.123 e.